The molecule has 0 saturated heterocycles. The molecule has 0 heterocycles. The van der Waals surface area contributed by atoms with E-state index in [9.17, 15) is 34.2 Å². The smallest absolute Gasteiger partial charge is 0.326 e. The van der Waals surface area contributed by atoms with Crippen LogP contribution in [-0.2, 0) is 24.0 Å². The lowest BCUT2D eigenvalue weighted by Crippen LogP contribution is -2.59. The maximum atomic E-state index is 12.5. The highest BCUT2D eigenvalue weighted by molar-refractivity contribution is 5.94. The lowest BCUT2D eigenvalue weighted by molar-refractivity contribution is -0.143. The van der Waals surface area contributed by atoms with Gasteiger partial charge < -0.3 is 37.6 Å². The minimum Gasteiger partial charge on any atom is -0.480 e. The first kappa shape index (κ1) is 27.3. The SMILES string of the molecule is CC(C)C(N)C(=O)NC(CO)C(=O)NC(C(=O)NC(CCC(N)=O)C(=O)O)C(C)C. The van der Waals surface area contributed by atoms with Crippen LogP contribution in [0.3, 0.4) is 0 Å². The van der Waals surface area contributed by atoms with Crippen molar-refractivity contribution in [2.45, 2.75) is 64.7 Å². The Kier molecular flexibility index (Phi) is 11.6. The second-order valence-corrected chi connectivity index (χ2v) is 7.65. The highest BCUT2D eigenvalue weighted by Crippen LogP contribution is 2.06. The maximum Gasteiger partial charge on any atom is 0.326 e. The first-order chi connectivity index (χ1) is 13.8. The molecule has 4 amide bonds. The molecule has 172 valence electrons. The number of aliphatic carboxylic acids is 1. The van der Waals surface area contributed by atoms with Crippen molar-refractivity contribution in [1.29, 1.82) is 0 Å². The molecule has 12 heteroatoms. The molecule has 12 nitrogen and oxygen atoms in total. The van der Waals surface area contributed by atoms with Gasteiger partial charge in [0.2, 0.25) is 23.6 Å². The Morgan fingerprint density at radius 3 is 1.77 bits per heavy atom. The van der Waals surface area contributed by atoms with Gasteiger partial charge in [0.1, 0.15) is 18.1 Å². The number of rotatable bonds is 13. The predicted molar refractivity (Wildman–Crippen MR) is 107 cm³/mol. The van der Waals surface area contributed by atoms with Crippen molar-refractivity contribution in [3.8, 4) is 0 Å². The fourth-order valence-corrected chi connectivity index (χ4v) is 2.36. The summed E-state index contributed by atoms with van der Waals surface area (Å²) in [5, 5.41) is 25.6. The fraction of sp³-hybridized carbons (Fsp3) is 0.722. The van der Waals surface area contributed by atoms with Crippen LogP contribution >= 0.6 is 0 Å². The van der Waals surface area contributed by atoms with Gasteiger partial charge in [0.15, 0.2) is 0 Å². The first-order valence-electron chi connectivity index (χ1n) is 9.60. The van der Waals surface area contributed by atoms with Gasteiger partial charge in [0.05, 0.1) is 12.6 Å². The molecule has 0 aliphatic rings. The van der Waals surface area contributed by atoms with Crippen LogP contribution in [0.1, 0.15) is 40.5 Å². The summed E-state index contributed by atoms with van der Waals surface area (Å²) in [6.07, 6.45) is -0.456. The molecule has 4 unspecified atom stereocenters. The summed E-state index contributed by atoms with van der Waals surface area (Å²) in [4.78, 5) is 59.2. The summed E-state index contributed by atoms with van der Waals surface area (Å²) in [5.41, 5.74) is 10.7. The van der Waals surface area contributed by atoms with E-state index in [4.69, 9.17) is 11.5 Å². The van der Waals surface area contributed by atoms with Gasteiger partial charge >= 0.3 is 5.97 Å². The van der Waals surface area contributed by atoms with E-state index in [1.807, 2.05) is 0 Å². The number of aliphatic hydroxyl groups is 1. The summed E-state index contributed by atoms with van der Waals surface area (Å²) < 4.78 is 0. The van der Waals surface area contributed by atoms with Crippen LogP contribution in [0.5, 0.6) is 0 Å². The summed E-state index contributed by atoms with van der Waals surface area (Å²) >= 11 is 0. The predicted octanol–water partition coefficient (Wildman–Crippen LogP) is -2.58. The molecule has 0 aliphatic carbocycles. The van der Waals surface area contributed by atoms with E-state index in [0.717, 1.165) is 0 Å². The van der Waals surface area contributed by atoms with Crippen molar-refractivity contribution in [2.75, 3.05) is 6.61 Å². The van der Waals surface area contributed by atoms with Gasteiger partial charge in [0.25, 0.3) is 0 Å². The Morgan fingerprint density at radius 2 is 1.37 bits per heavy atom. The van der Waals surface area contributed by atoms with Gasteiger partial charge in [-0.2, -0.15) is 0 Å². The number of carbonyl (C=O) groups excluding carboxylic acids is 4. The van der Waals surface area contributed by atoms with Gasteiger partial charge in [0, 0.05) is 6.42 Å². The summed E-state index contributed by atoms with van der Waals surface area (Å²) in [5.74, 6) is -4.99. The Balaban J connectivity index is 5.20. The third-order valence-electron chi connectivity index (χ3n) is 4.38. The zero-order valence-corrected chi connectivity index (χ0v) is 17.7. The zero-order valence-electron chi connectivity index (χ0n) is 17.7. The summed E-state index contributed by atoms with van der Waals surface area (Å²) in [6.45, 7) is 5.93. The van der Waals surface area contributed by atoms with E-state index < -0.39 is 66.3 Å². The highest BCUT2D eigenvalue weighted by atomic mass is 16.4. The molecule has 0 saturated carbocycles. The minimum absolute atomic E-state index is 0.199. The van der Waals surface area contributed by atoms with Crippen LogP contribution in [0.15, 0.2) is 0 Å². The van der Waals surface area contributed by atoms with Crippen molar-refractivity contribution in [1.82, 2.24) is 16.0 Å². The van der Waals surface area contributed by atoms with Crippen LogP contribution in [0.25, 0.3) is 0 Å². The molecule has 0 aromatic heterocycles. The number of aliphatic hydroxyl groups excluding tert-OH is 1. The number of nitrogens with two attached hydrogens (primary N) is 2. The molecule has 0 rings (SSSR count). The van der Waals surface area contributed by atoms with Crippen LogP contribution < -0.4 is 27.4 Å². The second-order valence-electron chi connectivity index (χ2n) is 7.65. The van der Waals surface area contributed by atoms with Crippen molar-refractivity contribution >= 4 is 29.6 Å². The standard InChI is InChI=1S/C18H33N5O7/c1-8(2)13(20)16(27)22-11(7-24)15(26)23-14(9(3)4)17(28)21-10(18(29)30)5-6-12(19)25/h8-11,13-14,24H,5-7,20H2,1-4H3,(H2,19,25)(H,21,28)(H,22,27)(H,23,26)(H,29,30). The zero-order chi connectivity index (χ0) is 23.6. The molecule has 0 fully saturated rings. The normalized spacial score (nSPS) is 15.1. The van der Waals surface area contributed by atoms with Crippen LogP contribution in [0.4, 0.5) is 0 Å². The number of carboxylic acids is 1. The van der Waals surface area contributed by atoms with Gasteiger partial charge in [-0.15, -0.1) is 0 Å². The number of carbonyl (C=O) groups is 5. The molecule has 0 radical (unpaired) electrons. The largest absolute Gasteiger partial charge is 0.480 e. The van der Waals surface area contributed by atoms with E-state index >= 15 is 0 Å². The molecule has 0 bridgehead atoms. The van der Waals surface area contributed by atoms with Crippen LogP contribution in [0, 0.1) is 11.8 Å². The molecular formula is C18H33N5O7. The van der Waals surface area contributed by atoms with Gasteiger partial charge in [-0.05, 0) is 18.3 Å². The molecule has 30 heavy (non-hydrogen) atoms. The average molecular weight is 431 g/mol. The van der Waals surface area contributed by atoms with Crippen LogP contribution in [-0.4, -0.2) is 70.6 Å². The van der Waals surface area contributed by atoms with Gasteiger partial charge in [-0.1, -0.05) is 27.7 Å². The van der Waals surface area contributed by atoms with Gasteiger partial charge in [-0.3, -0.25) is 19.2 Å². The number of carboxylic acid groups (broad SMARTS) is 1. The molecular weight excluding hydrogens is 398 g/mol. The second kappa shape index (κ2) is 12.8. The third-order valence-corrected chi connectivity index (χ3v) is 4.38. The Hall–Kier alpha value is -2.73. The van der Waals surface area contributed by atoms with E-state index in [-0.39, 0.29) is 18.8 Å². The molecule has 0 spiro atoms. The number of primary amides is 1. The number of nitrogens with one attached hydrogen (secondary N) is 3. The Bertz CT molecular complexity index is 638. The molecule has 4 atom stereocenters. The average Bonchev–Trinajstić information content (AvgIpc) is 2.65. The van der Waals surface area contributed by atoms with Crippen molar-refractivity contribution in [3.63, 3.8) is 0 Å². The summed E-state index contributed by atoms with van der Waals surface area (Å²) in [6, 6.07) is -4.77. The van der Waals surface area contributed by atoms with Gasteiger partial charge in [-0.25, -0.2) is 4.79 Å². The molecule has 9 N–H and O–H groups in total. The maximum absolute atomic E-state index is 12.5. The van der Waals surface area contributed by atoms with Crippen molar-refractivity contribution in [2.24, 2.45) is 23.3 Å². The number of amides is 4. The van der Waals surface area contributed by atoms with E-state index in [1.54, 1.807) is 27.7 Å². The highest BCUT2D eigenvalue weighted by Gasteiger charge is 2.32. The fourth-order valence-electron chi connectivity index (χ4n) is 2.36. The monoisotopic (exact) mass is 431 g/mol. The van der Waals surface area contributed by atoms with E-state index in [0.29, 0.717) is 0 Å². The molecule has 0 aliphatic heterocycles. The van der Waals surface area contributed by atoms with Crippen molar-refractivity contribution in [3.05, 3.63) is 0 Å². The first-order valence-corrected chi connectivity index (χ1v) is 9.60. The topological polar surface area (TPSA) is 214 Å². The quantitative estimate of drug-likeness (QED) is 0.164. The molecule has 0 aromatic rings. The van der Waals surface area contributed by atoms with E-state index in [2.05, 4.69) is 16.0 Å². The third kappa shape index (κ3) is 9.18. The molecule has 0 aromatic carbocycles. The lowest BCUT2D eigenvalue weighted by atomic mass is 10.0. The summed E-state index contributed by atoms with van der Waals surface area (Å²) in [7, 11) is 0. The van der Waals surface area contributed by atoms with E-state index in [1.165, 1.54) is 0 Å². The number of hydrogen-bond acceptors (Lipinski definition) is 7. The lowest BCUT2D eigenvalue weighted by Gasteiger charge is -2.26. The number of hydrogen-bond donors (Lipinski definition) is 7. The van der Waals surface area contributed by atoms with Crippen LogP contribution in [0.2, 0.25) is 0 Å². The Labute approximate surface area is 175 Å². The minimum atomic E-state index is -1.37. The van der Waals surface area contributed by atoms with Crippen molar-refractivity contribution < 1.29 is 34.2 Å². The Morgan fingerprint density at radius 1 is 0.833 bits per heavy atom.